The topological polar surface area (TPSA) is 45.1 Å². The molecule has 3 nitrogen and oxygen atoms in total. The number of aliphatic hydroxyl groups excluding tert-OH is 1. The van der Waals surface area contributed by atoms with Crippen LogP contribution in [-0.4, -0.2) is 22.2 Å². The van der Waals surface area contributed by atoms with E-state index in [2.05, 4.69) is 42.2 Å². The minimum atomic E-state index is -0.193. The van der Waals surface area contributed by atoms with Gasteiger partial charge in [-0.2, -0.15) is 0 Å². The van der Waals surface area contributed by atoms with Gasteiger partial charge in [-0.05, 0) is 50.8 Å². The highest BCUT2D eigenvalue weighted by atomic mass is 79.9. The van der Waals surface area contributed by atoms with Crippen molar-refractivity contribution in [3.05, 3.63) is 21.2 Å². The van der Waals surface area contributed by atoms with Crippen LogP contribution in [0.3, 0.4) is 0 Å². The standard InChI is InChI=1S/C12H16Br2N2O/c13-9-6-10(14)11(15-7-9)16-12(8-17)4-2-1-3-5-12/h6-7,17H,1-5,8H2,(H,15,16). The second kappa shape index (κ2) is 5.67. The third-order valence-electron chi connectivity index (χ3n) is 3.30. The molecule has 17 heavy (non-hydrogen) atoms. The van der Waals surface area contributed by atoms with Crippen LogP contribution in [-0.2, 0) is 0 Å². The van der Waals surface area contributed by atoms with Gasteiger partial charge in [0, 0.05) is 10.7 Å². The Labute approximate surface area is 118 Å². The van der Waals surface area contributed by atoms with Crippen molar-refractivity contribution in [2.75, 3.05) is 11.9 Å². The van der Waals surface area contributed by atoms with Crippen LogP contribution in [0.4, 0.5) is 5.82 Å². The first-order chi connectivity index (χ1) is 8.15. The third-order valence-corrected chi connectivity index (χ3v) is 4.34. The number of anilines is 1. The zero-order valence-electron chi connectivity index (χ0n) is 9.55. The van der Waals surface area contributed by atoms with Gasteiger partial charge in [-0.1, -0.05) is 19.3 Å². The summed E-state index contributed by atoms with van der Waals surface area (Å²) in [5.41, 5.74) is -0.193. The van der Waals surface area contributed by atoms with Gasteiger partial charge < -0.3 is 10.4 Å². The Balaban J connectivity index is 2.17. The van der Waals surface area contributed by atoms with Crippen LogP contribution >= 0.6 is 31.9 Å². The number of nitrogens with one attached hydrogen (secondary N) is 1. The fraction of sp³-hybridized carbons (Fsp3) is 0.583. The Morgan fingerprint density at radius 1 is 1.29 bits per heavy atom. The smallest absolute Gasteiger partial charge is 0.140 e. The summed E-state index contributed by atoms with van der Waals surface area (Å²) in [4.78, 5) is 4.35. The van der Waals surface area contributed by atoms with E-state index in [1.807, 2.05) is 6.07 Å². The highest BCUT2D eigenvalue weighted by Gasteiger charge is 2.31. The number of pyridine rings is 1. The van der Waals surface area contributed by atoms with E-state index in [-0.39, 0.29) is 12.1 Å². The molecule has 0 aliphatic heterocycles. The molecule has 2 N–H and O–H groups in total. The molecule has 0 saturated heterocycles. The molecule has 0 amide bonds. The van der Waals surface area contributed by atoms with Crippen molar-refractivity contribution >= 4 is 37.7 Å². The van der Waals surface area contributed by atoms with Gasteiger partial charge in [-0.15, -0.1) is 0 Å². The summed E-state index contributed by atoms with van der Waals surface area (Å²) < 4.78 is 1.86. The number of hydrogen-bond acceptors (Lipinski definition) is 3. The average molecular weight is 364 g/mol. The first kappa shape index (κ1) is 13.3. The van der Waals surface area contributed by atoms with E-state index in [1.54, 1.807) is 6.20 Å². The van der Waals surface area contributed by atoms with E-state index in [9.17, 15) is 5.11 Å². The van der Waals surface area contributed by atoms with Crippen molar-refractivity contribution in [3.8, 4) is 0 Å². The van der Waals surface area contributed by atoms with E-state index in [4.69, 9.17) is 0 Å². The van der Waals surface area contributed by atoms with Gasteiger partial charge in [-0.3, -0.25) is 0 Å². The van der Waals surface area contributed by atoms with Crippen LogP contribution in [0.1, 0.15) is 32.1 Å². The lowest BCUT2D eigenvalue weighted by Gasteiger charge is -2.37. The number of halogens is 2. The average Bonchev–Trinajstić information content (AvgIpc) is 2.34. The van der Waals surface area contributed by atoms with Crippen LogP contribution in [0, 0.1) is 0 Å². The van der Waals surface area contributed by atoms with Crippen molar-refractivity contribution in [2.24, 2.45) is 0 Å². The monoisotopic (exact) mass is 362 g/mol. The molecule has 0 bridgehead atoms. The molecule has 1 aromatic rings. The Kier molecular flexibility index (Phi) is 4.44. The minimum absolute atomic E-state index is 0.164. The van der Waals surface area contributed by atoms with Crippen molar-refractivity contribution in [2.45, 2.75) is 37.6 Å². The van der Waals surface area contributed by atoms with Crippen molar-refractivity contribution in [3.63, 3.8) is 0 Å². The quantitative estimate of drug-likeness (QED) is 0.860. The maximum Gasteiger partial charge on any atom is 0.140 e. The third kappa shape index (κ3) is 3.20. The second-order valence-corrected chi connectivity index (χ2v) is 6.38. The fourth-order valence-corrected chi connectivity index (χ4v) is 3.40. The number of hydrogen-bond donors (Lipinski definition) is 2. The Morgan fingerprint density at radius 2 is 2.00 bits per heavy atom. The molecule has 1 aliphatic carbocycles. The molecule has 1 aliphatic rings. The maximum absolute atomic E-state index is 9.63. The molecule has 1 aromatic heterocycles. The predicted molar refractivity (Wildman–Crippen MR) is 76.2 cm³/mol. The normalized spacial score (nSPS) is 19.0. The lowest BCUT2D eigenvalue weighted by atomic mass is 9.82. The van der Waals surface area contributed by atoms with Crippen molar-refractivity contribution < 1.29 is 5.11 Å². The van der Waals surface area contributed by atoms with E-state index >= 15 is 0 Å². The molecule has 1 fully saturated rings. The van der Waals surface area contributed by atoms with Gasteiger partial charge in [0.15, 0.2) is 0 Å². The van der Waals surface area contributed by atoms with E-state index in [1.165, 1.54) is 19.3 Å². The molecule has 5 heteroatoms. The van der Waals surface area contributed by atoms with E-state index < -0.39 is 0 Å². The molecular formula is C12H16Br2N2O. The summed E-state index contributed by atoms with van der Waals surface area (Å²) in [6.07, 6.45) is 7.38. The molecule has 1 saturated carbocycles. The molecule has 0 atom stereocenters. The molecule has 0 aromatic carbocycles. The molecule has 0 spiro atoms. The SMILES string of the molecule is OCC1(Nc2ncc(Br)cc2Br)CCCCC1. The van der Waals surface area contributed by atoms with Crippen LogP contribution < -0.4 is 5.32 Å². The highest BCUT2D eigenvalue weighted by Crippen LogP contribution is 2.33. The molecular weight excluding hydrogens is 348 g/mol. The van der Waals surface area contributed by atoms with Crippen LogP contribution in [0.25, 0.3) is 0 Å². The van der Waals surface area contributed by atoms with Gasteiger partial charge in [0.1, 0.15) is 5.82 Å². The molecule has 0 radical (unpaired) electrons. The summed E-state index contributed by atoms with van der Waals surface area (Å²) in [7, 11) is 0. The summed E-state index contributed by atoms with van der Waals surface area (Å²) in [5.74, 6) is 0.809. The Hall–Kier alpha value is -0.130. The summed E-state index contributed by atoms with van der Waals surface area (Å²) in [6.45, 7) is 0.164. The number of rotatable bonds is 3. The molecule has 2 rings (SSSR count). The fourth-order valence-electron chi connectivity index (χ4n) is 2.31. The zero-order chi connectivity index (χ0) is 12.3. The maximum atomic E-state index is 9.63. The lowest BCUT2D eigenvalue weighted by molar-refractivity contribution is 0.172. The van der Waals surface area contributed by atoms with E-state index in [0.717, 1.165) is 27.6 Å². The van der Waals surface area contributed by atoms with Crippen LogP contribution in [0.5, 0.6) is 0 Å². The molecule has 94 valence electrons. The molecule has 0 unspecified atom stereocenters. The first-order valence-corrected chi connectivity index (χ1v) is 7.44. The van der Waals surface area contributed by atoms with E-state index in [0.29, 0.717) is 0 Å². The van der Waals surface area contributed by atoms with Gasteiger partial charge in [0.05, 0.1) is 16.6 Å². The summed E-state index contributed by atoms with van der Waals surface area (Å²) in [6, 6.07) is 1.96. The molecule has 1 heterocycles. The largest absolute Gasteiger partial charge is 0.394 e. The zero-order valence-corrected chi connectivity index (χ0v) is 12.7. The Bertz CT molecular complexity index is 392. The van der Waals surface area contributed by atoms with Gasteiger partial charge in [0.25, 0.3) is 0 Å². The lowest BCUT2D eigenvalue weighted by Crippen LogP contribution is -2.44. The minimum Gasteiger partial charge on any atom is -0.394 e. The second-order valence-electron chi connectivity index (χ2n) is 4.61. The van der Waals surface area contributed by atoms with Crippen molar-refractivity contribution in [1.82, 2.24) is 4.98 Å². The van der Waals surface area contributed by atoms with Gasteiger partial charge in [-0.25, -0.2) is 4.98 Å². The first-order valence-electron chi connectivity index (χ1n) is 5.85. The Morgan fingerprint density at radius 3 is 2.59 bits per heavy atom. The number of aliphatic hydroxyl groups is 1. The number of nitrogens with zero attached hydrogens (tertiary/aromatic N) is 1. The van der Waals surface area contributed by atoms with Gasteiger partial charge >= 0.3 is 0 Å². The number of aromatic nitrogens is 1. The highest BCUT2D eigenvalue weighted by molar-refractivity contribution is 9.11. The summed E-state index contributed by atoms with van der Waals surface area (Å²) >= 11 is 6.87. The summed E-state index contributed by atoms with van der Waals surface area (Å²) in [5, 5.41) is 13.0. The van der Waals surface area contributed by atoms with Crippen LogP contribution in [0.2, 0.25) is 0 Å². The van der Waals surface area contributed by atoms with Gasteiger partial charge in [0.2, 0.25) is 0 Å². The van der Waals surface area contributed by atoms with Crippen LogP contribution in [0.15, 0.2) is 21.2 Å². The van der Waals surface area contributed by atoms with Crippen molar-refractivity contribution in [1.29, 1.82) is 0 Å². The predicted octanol–water partition coefficient (Wildman–Crippen LogP) is 3.71.